The van der Waals surface area contributed by atoms with Gasteiger partial charge in [-0.3, -0.25) is 4.79 Å². The molecule has 4 heterocycles. The van der Waals surface area contributed by atoms with Gasteiger partial charge in [-0.05, 0) is 48.9 Å². The number of sulfone groups is 1. The van der Waals surface area contributed by atoms with E-state index in [0.717, 1.165) is 29.1 Å². The van der Waals surface area contributed by atoms with E-state index in [1.54, 1.807) is 20.9 Å². The Hall–Kier alpha value is -2.49. The number of carbonyl (C=O) groups is 1. The summed E-state index contributed by atoms with van der Waals surface area (Å²) in [6.45, 7) is 1.08. The lowest BCUT2D eigenvalue weighted by molar-refractivity contribution is 0.0434. The van der Waals surface area contributed by atoms with Crippen LogP contribution in [0.5, 0.6) is 0 Å². The molecule has 0 unspecified atom stereocenters. The Balaban J connectivity index is 1.55. The first kappa shape index (κ1) is 21.4. The van der Waals surface area contributed by atoms with E-state index in [1.807, 2.05) is 53.9 Å². The number of ether oxygens (including phenoxy) is 1. The van der Waals surface area contributed by atoms with Crippen molar-refractivity contribution in [1.29, 1.82) is 0 Å². The molecule has 0 radical (unpaired) electrons. The maximum atomic E-state index is 13.9. The summed E-state index contributed by atoms with van der Waals surface area (Å²) in [5, 5.41) is 6.72. The van der Waals surface area contributed by atoms with Crippen molar-refractivity contribution in [3.05, 3.63) is 59.6 Å². The predicted octanol–water partition coefficient (Wildman–Crippen LogP) is 3.41. The molecule has 2 saturated heterocycles. The van der Waals surface area contributed by atoms with Crippen LogP contribution >= 0.6 is 11.3 Å². The lowest BCUT2D eigenvalue weighted by Crippen LogP contribution is -2.45. The average molecular weight is 472 g/mol. The van der Waals surface area contributed by atoms with Crippen molar-refractivity contribution >= 4 is 27.1 Å². The third-order valence-corrected chi connectivity index (χ3v) is 8.68. The fraction of sp³-hybridized carbons (Fsp3) is 0.391. The standard InChI is InChI=1S/C23H25N3O4S2/c27-23(25(15-19-8-4-11-30-19)18-10-13-32(28,29)16-18)21-14-20(22-9-5-12-31-22)24-26(21)17-6-2-1-3-7-17/h1-3,5-7,9,12,14,18-19H,4,8,10-11,13,15-16H2/t18-,19+/m1/s1. The molecule has 0 saturated carbocycles. The lowest BCUT2D eigenvalue weighted by Gasteiger charge is -2.30. The molecule has 1 amide bonds. The number of carbonyl (C=O) groups excluding carboxylic acids is 1. The predicted molar refractivity (Wildman–Crippen MR) is 124 cm³/mol. The van der Waals surface area contributed by atoms with Crippen molar-refractivity contribution in [3.8, 4) is 16.3 Å². The number of hydrogen-bond acceptors (Lipinski definition) is 6. The molecule has 7 nitrogen and oxygen atoms in total. The van der Waals surface area contributed by atoms with Gasteiger partial charge >= 0.3 is 0 Å². The Labute approximate surface area is 191 Å². The van der Waals surface area contributed by atoms with Crippen LogP contribution in [0.3, 0.4) is 0 Å². The van der Waals surface area contributed by atoms with E-state index in [1.165, 1.54) is 0 Å². The van der Waals surface area contributed by atoms with Gasteiger partial charge in [0.05, 0.1) is 28.2 Å². The topological polar surface area (TPSA) is 81.5 Å². The van der Waals surface area contributed by atoms with E-state index in [4.69, 9.17) is 9.84 Å². The zero-order valence-electron chi connectivity index (χ0n) is 17.6. The Bertz CT molecular complexity index is 1180. The van der Waals surface area contributed by atoms with Crippen molar-refractivity contribution in [2.45, 2.75) is 31.4 Å². The molecular formula is C23H25N3O4S2. The van der Waals surface area contributed by atoms with E-state index in [2.05, 4.69) is 0 Å². The number of aromatic nitrogens is 2. The van der Waals surface area contributed by atoms with Gasteiger partial charge in [0.25, 0.3) is 5.91 Å². The van der Waals surface area contributed by atoms with Crippen molar-refractivity contribution in [1.82, 2.24) is 14.7 Å². The van der Waals surface area contributed by atoms with Crippen LogP contribution in [-0.4, -0.2) is 65.8 Å². The maximum Gasteiger partial charge on any atom is 0.272 e. The largest absolute Gasteiger partial charge is 0.376 e. The summed E-state index contributed by atoms with van der Waals surface area (Å²) < 4.78 is 31.9. The van der Waals surface area contributed by atoms with Gasteiger partial charge in [0, 0.05) is 19.2 Å². The molecule has 168 valence electrons. The van der Waals surface area contributed by atoms with E-state index in [-0.39, 0.29) is 29.6 Å². The Morgan fingerprint density at radius 3 is 2.69 bits per heavy atom. The van der Waals surface area contributed by atoms with Gasteiger partial charge in [0.15, 0.2) is 9.84 Å². The molecule has 32 heavy (non-hydrogen) atoms. The summed E-state index contributed by atoms with van der Waals surface area (Å²) >= 11 is 1.56. The Morgan fingerprint density at radius 2 is 2.03 bits per heavy atom. The summed E-state index contributed by atoms with van der Waals surface area (Å²) in [5.41, 5.74) is 1.94. The molecular weight excluding hydrogens is 446 g/mol. The lowest BCUT2D eigenvalue weighted by atomic mass is 10.1. The summed E-state index contributed by atoms with van der Waals surface area (Å²) in [4.78, 5) is 16.6. The fourth-order valence-electron chi connectivity index (χ4n) is 4.42. The Kier molecular flexibility index (Phi) is 5.88. The first-order chi connectivity index (χ1) is 15.5. The molecule has 0 spiro atoms. The van der Waals surface area contributed by atoms with Crippen LogP contribution in [0.1, 0.15) is 29.8 Å². The number of thiophene rings is 1. The second-order valence-electron chi connectivity index (χ2n) is 8.29. The van der Waals surface area contributed by atoms with E-state index in [9.17, 15) is 13.2 Å². The minimum Gasteiger partial charge on any atom is -0.376 e. The van der Waals surface area contributed by atoms with Gasteiger partial charge in [-0.15, -0.1) is 11.3 Å². The number of amides is 1. The summed E-state index contributed by atoms with van der Waals surface area (Å²) in [5.74, 6) is -0.0876. The zero-order chi connectivity index (χ0) is 22.1. The minimum absolute atomic E-state index is 0.00269. The number of nitrogens with zero attached hydrogens (tertiary/aromatic N) is 3. The second kappa shape index (κ2) is 8.80. The number of hydrogen-bond donors (Lipinski definition) is 0. The molecule has 5 rings (SSSR count). The maximum absolute atomic E-state index is 13.9. The first-order valence-electron chi connectivity index (χ1n) is 10.8. The van der Waals surface area contributed by atoms with Crippen LogP contribution in [0, 0.1) is 0 Å². The van der Waals surface area contributed by atoms with E-state index >= 15 is 0 Å². The van der Waals surface area contributed by atoms with Crippen molar-refractivity contribution in [3.63, 3.8) is 0 Å². The fourth-order valence-corrected chi connectivity index (χ4v) is 6.83. The van der Waals surface area contributed by atoms with Crippen LogP contribution in [0.15, 0.2) is 53.9 Å². The SMILES string of the molecule is O=C(c1cc(-c2cccs2)nn1-c1ccccc1)N(C[C@@H]1CCCO1)[C@@H]1CCS(=O)(=O)C1. The van der Waals surface area contributed by atoms with Crippen molar-refractivity contribution in [2.75, 3.05) is 24.7 Å². The molecule has 0 bridgehead atoms. The highest BCUT2D eigenvalue weighted by molar-refractivity contribution is 7.91. The van der Waals surface area contributed by atoms with Crippen LogP contribution in [0.4, 0.5) is 0 Å². The molecule has 2 aromatic heterocycles. The summed E-state index contributed by atoms with van der Waals surface area (Å²) in [7, 11) is -3.14. The monoisotopic (exact) mass is 471 g/mol. The van der Waals surface area contributed by atoms with Crippen molar-refractivity contribution < 1.29 is 17.9 Å². The highest BCUT2D eigenvalue weighted by Gasteiger charge is 2.38. The minimum atomic E-state index is -3.14. The van der Waals surface area contributed by atoms with Crippen LogP contribution < -0.4 is 0 Å². The molecule has 9 heteroatoms. The number of rotatable bonds is 6. The zero-order valence-corrected chi connectivity index (χ0v) is 19.2. The third-order valence-electron chi connectivity index (χ3n) is 6.04. The highest BCUT2D eigenvalue weighted by atomic mass is 32.2. The van der Waals surface area contributed by atoms with Gasteiger partial charge in [-0.1, -0.05) is 24.3 Å². The molecule has 0 aliphatic carbocycles. The quantitative estimate of drug-likeness (QED) is 0.550. The van der Waals surface area contributed by atoms with E-state index < -0.39 is 9.84 Å². The molecule has 1 aromatic carbocycles. The normalized spacial score (nSPS) is 22.2. The van der Waals surface area contributed by atoms with Gasteiger partial charge in [-0.2, -0.15) is 5.10 Å². The van der Waals surface area contributed by atoms with Gasteiger partial charge in [0.2, 0.25) is 0 Å². The molecule has 2 aliphatic rings. The molecule has 2 fully saturated rings. The highest BCUT2D eigenvalue weighted by Crippen LogP contribution is 2.28. The first-order valence-corrected chi connectivity index (χ1v) is 13.5. The van der Waals surface area contributed by atoms with Gasteiger partial charge in [-0.25, -0.2) is 13.1 Å². The van der Waals surface area contributed by atoms with Crippen LogP contribution in [0.25, 0.3) is 16.3 Å². The summed E-state index contributed by atoms with van der Waals surface area (Å²) in [6, 6.07) is 14.9. The molecule has 2 atom stereocenters. The van der Waals surface area contributed by atoms with Crippen LogP contribution in [-0.2, 0) is 14.6 Å². The van der Waals surface area contributed by atoms with Gasteiger partial charge in [0.1, 0.15) is 11.4 Å². The Morgan fingerprint density at radius 1 is 1.19 bits per heavy atom. The number of benzene rings is 1. The molecule has 0 N–H and O–H groups in total. The third kappa shape index (κ3) is 4.37. The molecule has 3 aromatic rings. The van der Waals surface area contributed by atoms with Gasteiger partial charge < -0.3 is 9.64 Å². The van der Waals surface area contributed by atoms with Crippen LogP contribution in [0.2, 0.25) is 0 Å². The van der Waals surface area contributed by atoms with Crippen molar-refractivity contribution in [2.24, 2.45) is 0 Å². The average Bonchev–Trinajstić information content (AvgIpc) is 3.59. The van der Waals surface area contributed by atoms with E-state index in [0.29, 0.717) is 25.3 Å². The number of para-hydroxylation sites is 1. The molecule has 2 aliphatic heterocycles. The summed E-state index contributed by atoms with van der Waals surface area (Å²) in [6.07, 6.45) is 2.23. The smallest absolute Gasteiger partial charge is 0.272 e. The second-order valence-corrected chi connectivity index (χ2v) is 11.5.